The molecule has 1 aliphatic rings. The molecule has 0 bridgehead atoms. The van der Waals surface area contributed by atoms with Gasteiger partial charge in [0, 0.05) is 39.3 Å². The number of nitrogens with zero attached hydrogens (tertiary/aromatic N) is 3. The van der Waals surface area contributed by atoms with Gasteiger partial charge in [0.25, 0.3) is 0 Å². The van der Waals surface area contributed by atoms with Gasteiger partial charge in [-0.1, -0.05) is 26.0 Å². The quantitative estimate of drug-likeness (QED) is 0.521. The molecule has 0 aliphatic carbocycles. The summed E-state index contributed by atoms with van der Waals surface area (Å²) in [6, 6.07) is 8.62. The van der Waals surface area contributed by atoms with E-state index in [9.17, 15) is 0 Å². The molecular formula is C20H35N5O. The van der Waals surface area contributed by atoms with Crippen LogP contribution in [0.5, 0.6) is 5.75 Å². The topological polar surface area (TPSA) is 52.1 Å². The van der Waals surface area contributed by atoms with Gasteiger partial charge in [0.1, 0.15) is 5.75 Å². The second-order valence-corrected chi connectivity index (χ2v) is 6.68. The fourth-order valence-corrected chi connectivity index (χ4v) is 3.45. The van der Waals surface area contributed by atoms with E-state index in [1.54, 1.807) is 7.11 Å². The highest BCUT2D eigenvalue weighted by atomic mass is 16.5. The van der Waals surface area contributed by atoms with E-state index < -0.39 is 0 Å². The molecule has 6 nitrogen and oxygen atoms in total. The lowest BCUT2D eigenvalue weighted by Gasteiger charge is -2.23. The van der Waals surface area contributed by atoms with Gasteiger partial charge in [0.15, 0.2) is 5.96 Å². The molecule has 1 aliphatic heterocycles. The lowest BCUT2D eigenvalue weighted by atomic mass is 10.2. The van der Waals surface area contributed by atoms with Gasteiger partial charge in [0.2, 0.25) is 0 Å². The average Bonchev–Trinajstić information content (AvgIpc) is 3.14. The van der Waals surface area contributed by atoms with E-state index in [0.29, 0.717) is 6.04 Å². The molecule has 1 aromatic carbocycles. The lowest BCUT2D eigenvalue weighted by molar-refractivity contribution is 0.293. The summed E-state index contributed by atoms with van der Waals surface area (Å²) in [6.07, 6.45) is 2.29. The molecule has 1 unspecified atom stereocenters. The summed E-state index contributed by atoms with van der Waals surface area (Å²) in [7, 11) is 3.57. The third kappa shape index (κ3) is 5.80. The van der Waals surface area contributed by atoms with Crippen LogP contribution in [0.3, 0.4) is 0 Å². The van der Waals surface area contributed by atoms with Crippen molar-refractivity contribution in [1.29, 1.82) is 0 Å². The smallest absolute Gasteiger partial charge is 0.191 e. The molecule has 2 N–H and O–H groups in total. The normalized spacial score (nSPS) is 17.7. The summed E-state index contributed by atoms with van der Waals surface area (Å²) < 4.78 is 5.50. The van der Waals surface area contributed by atoms with E-state index in [4.69, 9.17) is 4.74 Å². The zero-order valence-electron chi connectivity index (χ0n) is 16.8. The van der Waals surface area contributed by atoms with Crippen LogP contribution in [0, 0.1) is 0 Å². The third-order valence-corrected chi connectivity index (χ3v) is 4.89. The van der Waals surface area contributed by atoms with Gasteiger partial charge >= 0.3 is 0 Å². The fourth-order valence-electron chi connectivity index (χ4n) is 3.45. The Morgan fingerprint density at radius 2 is 2.12 bits per heavy atom. The highest BCUT2D eigenvalue weighted by Gasteiger charge is 2.25. The molecule has 6 heteroatoms. The third-order valence-electron chi connectivity index (χ3n) is 4.89. The van der Waals surface area contributed by atoms with Crippen molar-refractivity contribution in [3.63, 3.8) is 0 Å². The van der Waals surface area contributed by atoms with E-state index in [2.05, 4.69) is 51.4 Å². The van der Waals surface area contributed by atoms with Crippen molar-refractivity contribution in [3.05, 3.63) is 24.3 Å². The standard InChI is InChI=1S/C20H35N5O/c1-5-13-24(6-2)15-12-22-20(21-3)23-17-11-14-25(16-17)18-9-7-8-10-19(18)26-4/h7-10,17H,5-6,11-16H2,1-4H3,(H2,21,22,23). The summed E-state index contributed by atoms with van der Waals surface area (Å²) in [5, 5.41) is 7.02. The number of aliphatic imine (C=N–C) groups is 1. The second kappa shape index (κ2) is 10.9. The van der Waals surface area contributed by atoms with Crippen molar-refractivity contribution in [2.24, 2.45) is 4.99 Å². The molecule has 2 rings (SSSR count). The molecular weight excluding hydrogens is 326 g/mol. The Hall–Kier alpha value is -1.95. The number of methoxy groups -OCH3 is 1. The number of nitrogens with one attached hydrogen (secondary N) is 2. The zero-order valence-corrected chi connectivity index (χ0v) is 16.8. The monoisotopic (exact) mass is 361 g/mol. The Bertz CT molecular complexity index is 563. The molecule has 0 aromatic heterocycles. The SMILES string of the molecule is CCCN(CC)CCNC(=NC)NC1CCN(c2ccccc2OC)C1. The van der Waals surface area contributed by atoms with Gasteiger partial charge in [-0.2, -0.15) is 0 Å². The van der Waals surface area contributed by atoms with E-state index in [-0.39, 0.29) is 0 Å². The predicted molar refractivity (Wildman–Crippen MR) is 111 cm³/mol. The molecule has 0 amide bonds. The van der Waals surface area contributed by atoms with E-state index >= 15 is 0 Å². The molecule has 1 saturated heterocycles. The van der Waals surface area contributed by atoms with Gasteiger partial charge in [0.05, 0.1) is 12.8 Å². The number of guanidine groups is 1. The number of anilines is 1. The summed E-state index contributed by atoms with van der Waals surface area (Å²) in [5.41, 5.74) is 1.17. The van der Waals surface area contributed by atoms with Crippen LogP contribution in [0.25, 0.3) is 0 Å². The van der Waals surface area contributed by atoms with Crippen molar-refractivity contribution in [2.75, 3.05) is 58.3 Å². The predicted octanol–water partition coefficient (Wildman–Crippen LogP) is 2.17. The number of rotatable bonds is 9. The average molecular weight is 362 g/mol. The maximum Gasteiger partial charge on any atom is 0.191 e. The summed E-state index contributed by atoms with van der Waals surface area (Å²) in [6.45, 7) is 10.6. The molecule has 1 aromatic rings. The van der Waals surface area contributed by atoms with Crippen LogP contribution in [0.1, 0.15) is 26.7 Å². The molecule has 0 radical (unpaired) electrons. The van der Waals surface area contributed by atoms with Crippen LogP contribution in [-0.4, -0.2) is 70.3 Å². The van der Waals surface area contributed by atoms with Crippen LogP contribution in [0.2, 0.25) is 0 Å². The van der Waals surface area contributed by atoms with Crippen molar-refractivity contribution in [3.8, 4) is 5.75 Å². The van der Waals surface area contributed by atoms with Gasteiger partial charge in [-0.05, 0) is 38.1 Å². The number of hydrogen-bond acceptors (Lipinski definition) is 4. The van der Waals surface area contributed by atoms with Gasteiger partial charge < -0.3 is 25.2 Å². The molecule has 26 heavy (non-hydrogen) atoms. The Morgan fingerprint density at radius 1 is 1.31 bits per heavy atom. The lowest BCUT2D eigenvalue weighted by Crippen LogP contribution is -2.46. The van der Waals surface area contributed by atoms with E-state index in [1.807, 2.05) is 19.2 Å². The van der Waals surface area contributed by atoms with Crippen LogP contribution in [0.4, 0.5) is 5.69 Å². The Balaban J connectivity index is 1.81. The molecule has 0 saturated carbocycles. The van der Waals surface area contributed by atoms with Crippen molar-refractivity contribution in [2.45, 2.75) is 32.7 Å². The minimum atomic E-state index is 0.393. The first kappa shape index (κ1) is 20.4. The largest absolute Gasteiger partial charge is 0.495 e. The zero-order chi connectivity index (χ0) is 18.8. The molecule has 146 valence electrons. The first-order chi connectivity index (χ1) is 12.7. The minimum absolute atomic E-state index is 0.393. The van der Waals surface area contributed by atoms with E-state index in [0.717, 1.165) is 57.4 Å². The number of benzene rings is 1. The van der Waals surface area contributed by atoms with Crippen molar-refractivity contribution >= 4 is 11.6 Å². The fraction of sp³-hybridized carbons (Fsp3) is 0.650. The van der Waals surface area contributed by atoms with E-state index in [1.165, 1.54) is 12.1 Å². The molecule has 1 heterocycles. The van der Waals surface area contributed by atoms with Crippen molar-refractivity contribution < 1.29 is 4.74 Å². The molecule has 1 fully saturated rings. The van der Waals surface area contributed by atoms with Gasteiger partial charge in [-0.3, -0.25) is 4.99 Å². The summed E-state index contributed by atoms with van der Waals surface area (Å²) >= 11 is 0. The number of para-hydroxylation sites is 2. The second-order valence-electron chi connectivity index (χ2n) is 6.68. The van der Waals surface area contributed by atoms with Crippen LogP contribution >= 0.6 is 0 Å². The van der Waals surface area contributed by atoms with Crippen molar-refractivity contribution in [1.82, 2.24) is 15.5 Å². The number of likely N-dealkylation sites (N-methyl/N-ethyl adjacent to an activating group) is 1. The van der Waals surface area contributed by atoms with Crippen LogP contribution < -0.4 is 20.3 Å². The van der Waals surface area contributed by atoms with Crippen LogP contribution in [0.15, 0.2) is 29.3 Å². The Morgan fingerprint density at radius 3 is 2.81 bits per heavy atom. The molecule has 0 spiro atoms. The van der Waals surface area contributed by atoms with Crippen LogP contribution in [-0.2, 0) is 0 Å². The highest BCUT2D eigenvalue weighted by Crippen LogP contribution is 2.30. The minimum Gasteiger partial charge on any atom is -0.495 e. The Labute approximate surface area is 158 Å². The summed E-state index contributed by atoms with van der Waals surface area (Å²) in [4.78, 5) is 9.22. The first-order valence-corrected chi connectivity index (χ1v) is 9.79. The number of ether oxygens (including phenoxy) is 1. The maximum atomic E-state index is 5.50. The van der Waals surface area contributed by atoms with Gasteiger partial charge in [-0.25, -0.2) is 0 Å². The summed E-state index contributed by atoms with van der Waals surface area (Å²) in [5.74, 6) is 1.83. The maximum absolute atomic E-state index is 5.50. The first-order valence-electron chi connectivity index (χ1n) is 9.79. The Kier molecular flexibility index (Phi) is 8.54. The highest BCUT2D eigenvalue weighted by molar-refractivity contribution is 5.80. The molecule has 1 atom stereocenters. The number of hydrogen-bond donors (Lipinski definition) is 2. The van der Waals surface area contributed by atoms with Gasteiger partial charge in [-0.15, -0.1) is 0 Å².